The number of rotatable bonds is 3. The fourth-order valence-corrected chi connectivity index (χ4v) is 3.24. The van der Waals surface area contributed by atoms with Gasteiger partial charge in [0.2, 0.25) is 10.0 Å². The molecule has 1 aromatic rings. The topological polar surface area (TPSA) is 54.5 Å². The van der Waals surface area contributed by atoms with Crippen molar-refractivity contribution in [2.45, 2.75) is 11.3 Å². The number of aldehydes is 1. The molecule has 0 saturated carbocycles. The maximum absolute atomic E-state index is 12.2. The van der Waals surface area contributed by atoms with Gasteiger partial charge in [-0.1, -0.05) is 24.3 Å². The Labute approximate surface area is 101 Å². The molecule has 0 amide bonds. The van der Waals surface area contributed by atoms with Crippen molar-refractivity contribution >= 4 is 16.3 Å². The number of sulfonamides is 1. The highest BCUT2D eigenvalue weighted by Crippen LogP contribution is 2.19. The Bertz CT molecular complexity index is 534. The van der Waals surface area contributed by atoms with E-state index in [-0.39, 0.29) is 11.4 Å². The van der Waals surface area contributed by atoms with Crippen LogP contribution in [0, 0.1) is 0 Å². The predicted molar refractivity (Wildman–Crippen MR) is 64.0 cm³/mol. The molecule has 0 spiro atoms. The quantitative estimate of drug-likeness (QED) is 0.759. The molecule has 0 saturated heterocycles. The van der Waals surface area contributed by atoms with E-state index in [9.17, 15) is 13.2 Å². The normalized spacial score (nSPS) is 17.5. The highest BCUT2D eigenvalue weighted by atomic mass is 32.2. The second-order valence-corrected chi connectivity index (χ2v) is 5.78. The average Bonchev–Trinajstić information content (AvgIpc) is 2.40. The maximum atomic E-state index is 12.2. The van der Waals surface area contributed by atoms with Gasteiger partial charge in [0.05, 0.1) is 4.90 Å². The minimum atomic E-state index is -3.47. The standard InChI is InChI=1S/C12H13NO3S/c14-10-11-5-4-8-13(9-11)17(15,16)12-6-2-1-3-7-12/h1-3,5-7,10H,4,8-9H2. The summed E-state index contributed by atoms with van der Waals surface area (Å²) in [5.41, 5.74) is 0.524. The minimum Gasteiger partial charge on any atom is -0.298 e. The van der Waals surface area contributed by atoms with Crippen LogP contribution >= 0.6 is 0 Å². The summed E-state index contributed by atoms with van der Waals surface area (Å²) < 4.78 is 25.8. The zero-order valence-electron chi connectivity index (χ0n) is 9.24. The van der Waals surface area contributed by atoms with Crippen LogP contribution in [0.2, 0.25) is 0 Å². The van der Waals surface area contributed by atoms with E-state index < -0.39 is 10.0 Å². The van der Waals surface area contributed by atoms with Gasteiger partial charge in [-0.15, -0.1) is 0 Å². The molecule has 1 aliphatic rings. The molecule has 0 fully saturated rings. The van der Waals surface area contributed by atoms with Gasteiger partial charge in [-0.05, 0) is 18.6 Å². The third kappa shape index (κ3) is 2.45. The first-order valence-corrected chi connectivity index (χ1v) is 6.78. The van der Waals surface area contributed by atoms with Crippen molar-refractivity contribution in [1.82, 2.24) is 4.31 Å². The average molecular weight is 251 g/mol. The second kappa shape index (κ2) is 4.81. The van der Waals surface area contributed by atoms with Crippen LogP contribution in [-0.4, -0.2) is 32.1 Å². The Kier molecular flexibility index (Phi) is 3.40. The van der Waals surface area contributed by atoms with Crippen molar-refractivity contribution < 1.29 is 13.2 Å². The molecule has 0 aromatic heterocycles. The van der Waals surface area contributed by atoms with Crippen molar-refractivity contribution in [3.05, 3.63) is 42.0 Å². The van der Waals surface area contributed by atoms with Crippen LogP contribution in [0.4, 0.5) is 0 Å². The number of carbonyl (C=O) groups is 1. The summed E-state index contributed by atoms with van der Waals surface area (Å²) in [6.45, 7) is 0.593. The summed E-state index contributed by atoms with van der Waals surface area (Å²) in [4.78, 5) is 10.9. The van der Waals surface area contributed by atoms with Crippen LogP contribution in [0.3, 0.4) is 0 Å². The molecule has 0 radical (unpaired) electrons. The van der Waals surface area contributed by atoms with E-state index in [2.05, 4.69) is 0 Å². The molecule has 17 heavy (non-hydrogen) atoms. The van der Waals surface area contributed by atoms with E-state index in [1.165, 1.54) is 4.31 Å². The van der Waals surface area contributed by atoms with Crippen LogP contribution in [0.15, 0.2) is 46.9 Å². The third-order valence-corrected chi connectivity index (χ3v) is 4.54. The first kappa shape index (κ1) is 12.0. The fourth-order valence-electron chi connectivity index (χ4n) is 1.77. The molecule has 0 unspecified atom stereocenters. The smallest absolute Gasteiger partial charge is 0.243 e. The lowest BCUT2D eigenvalue weighted by Gasteiger charge is -2.24. The summed E-state index contributed by atoms with van der Waals surface area (Å²) in [6, 6.07) is 8.27. The molecular weight excluding hydrogens is 238 g/mol. The van der Waals surface area contributed by atoms with Gasteiger partial charge in [0.1, 0.15) is 6.29 Å². The second-order valence-electron chi connectivity index (χ2n) is 3.84. The number of benzene rings is 1. The van der Waals surface area contributed by atoms with Gasteiger partial charge in [-0.25, -0.2) is 8.42 Å². The lowest BCUT2D eigenvalue weighted by atomic mass is 10.2. The lowest BCUT2D eigenvalue weighted by Crippen LogP contribution is -2.36. The zero-order chi connectivity index (χ0) is 12.3. The van der Waals surface area contributed by atoms with Crippen LogP contribution < -0.4 is 0 Å². The highest BCUT2D eigenvalue weighted by Gasteiger charge is 2.26. The molecule has 0 aliphatic carbocycles. The first-order chi connectivity index (χ1) is 8.14. The van der Waals surface area contributed by atoms with Gasteiger partial charge in [0, 0.05) is 18.7 Å². The Morgan fingerprint density at radius 1 is 1.18 bits per heavy atom. The van der Waals surface area contributed by atoms with E-state index >= 15 is 0 Å². The van der Waals surface area contributed by atoms with E-state index in [0.717, 1.165) is 0 Å². The van der Waals surface area contributed by atoms with E-state index in [1.54, 1.807) is 36.4 Å². The summed E-state index contributed by atoms with van der Waals surface area (Å²) >= 11 is 0. The molecule has 2 rings (SSSR count). The van der Waals surface area contributed by atoms with Crippen LogP contribution in [-0.2, 0) is 14.8 Å². The predicted octanol–water partition coefficient (Wildman–Crippen LogP) is 1.21. The van der Waals surface area contributed by atoms with Gasteiger partial charge in [-0.3, -0.25) is 4.79 Å². The molecule has 0 bridgehead atoms. The fraction of sp³-hybridized carbons (Fsp3) is 0.250. The SMILES string of the molecule is O=CC1=CCCN(S(=O)(=O)c2ccccc2)C1. The minimum absolute atomic E-state index is 0.167. The van der Waals surface area contributed by atoms with Crippen LogP contribution in [0.1, 0.15) is 6.42 Å². The van der Waals surface area contributed by atoms with Crippen LogP contribution in [0.25, 0.3) is 0 Å². The van der Waals surface area contributed by atoms with Gasteiger partial charge in [0.25, 0.3) is 0 Å². The summed E-state index contributed by atoms with van der Waals surface area (Å²) in [6.07, 6.45) is 3.08. The highest BCUT2D eigenvalue weighted by molar-refractivity contribution is 7.89. The first-order valence-electron chi connectivity index (χ1n) is 5.34. The summed E-state index contributed by atoms with van der Waals surface area (Å²) in [5.74, 6) is 0. The molecular formula is C12H13NO3S. The molecule has 5 heteroatoms. The zero-order valence-corrected chi connectivity index (χ0v) is 10.1. The van der Waals surface area contributed by atoms with Crippen LogP contribution in [0.5, 0.6) is 0 Å². The maximum Gasteiger partial charge on any atom is 0.243 e. The van der Waals surface area contributed by atoms with E-state index in [1.807, 2.05) is 0 Å². The number of nitrogens with zero attached hydrogens (tertiary/aromatic N) is 1. The third-order valence-electron chi connectivity index (χ3n) is 2.68. The Balaban J connectivity index is 2.29. The molecule has 1 heterocycles. The van der Waals surface area contributed by atoms with Crippen molar-refractivity contribution in [2.24, 2.45) is 0 Å². The van der Waals surface area contributed by atoms with Gasteiger partial charge < -0.3 is 0 Å². The lowest BCUT2D eigenvalue weighted by molar-refractivity contribution is -0.105. The van der Waals surface area contributed by atoms with Crippen molar-refractivity contribution in [3.8, 4) is 0 Å². The van der Waals surface area contributed by atoms with Gasteiger partial charge in [0.15, 0.2) is 0 Å². The van der Waals surface area contributed by atoms with E-state index in [0.29, 0.717) is 24.8 Å². The Morgan fingerprint density at radius 3 is 2.53 bits per heavy atom. The van der Waals surface area contributed by atoms with Gasteiger partial charge >= 0.3 is 0 Å². The van der Waals surface area contributed by atoms with Crippen molar-refractivity contribution in [3.63, 3.8) is 0 Å². The molecule has 1 aliphatic heterocycles. The molecule has 0 atom stereocenters. The summed E-state index contributed by atoms with van der Waals surface area (Å²) in [5, 5.41) is 0. The molecule has 4 nitrogen and oxygen atoms in total. The number of hydrogen-bond acceptors (Lipinski definition) is 3. The van der Waals surface area contributed by atoms with Crippen molar-refractivity contribution in [1.29, 1.82) is 0 Å². The van der Waals surface area contributed by atoms with Crippen molar-refractivity contribution in [2.75, 3.05) is 13.1 Å². The monoisotopic (exact) mass is 251 g/mol. The number of hydrogen-bond donors (Lipinski definition) is 0. The number of carbonyl (C=O) groups excluding carboxylic acids is 1. The molecule has 1 aromatic carbocycles. The van der Waals surface area contributed by atoms with E-state index in [4.69, 9.17) is 0 Å². The summed E-state index contributed by atoms with van der Waals surface area (Å²) in [7, 11) is -3.47. The largest absolute Gasteiger partial charge is 0.298 e. The Morgan fingerprint density at radius 2 is 1.88 bits per heavy atom. The molecule has 90 valence electrons. The van der Waals surface area contributed by atoms with Gasteiger partial charge in [-0.2, -0.15) is 4.31 Å². The Hall–Kier alpha value is -1.46. The molecule has 0 N–H and O–H groups in total.